The van der Waals surface area contributed by atoms with Crippen molar-refractivity contribution in [2.24, 2.45) is 7.05 Å². The van der Waals surface area contributed by atoms with E-state index in [9.17, 15) is 10.1 Å². The molecular formula is C24H21N5O. The van der Waals surface area contributed by atoms with Crippen LogP contribution in [0.4, 0.5) is 0 Å². The number of aromatic nitrogens is 3. The third-order valence-corrected chi connectivity index (χ3v) is 5.23. The monoisotopic (exact) mass is 395 g/mol. The summed E-state index contributed by atoms with van der Waals surface area (Å²) in [6, 6.07) is 17.1. The molecule has 0 saturated heterocycles. The Morgan fingerprint density at radius 1 is 1.20 bits per heavy atom. The number of benzene rings is 2. The van der Waals surface area contributed by atoms with Crippen LogP contribution in [0.2, 0.25) is 0 Å². The third kappa shape index (κ3) is 3.53. The van der Waals surface area contributed by atoms with Crippen LogP contribution in [0.15, 0.2) is 60.9 Å². The molecule has 1 unspecified atom stereocenters. The lowest BCUT2D eigenvalue weighted by molar-refractivity contribution is 0.0940. The van der Waals surface area contributed by atoms with Crippen molar-refractivity contribution < 1.29 is 4.79 Å². The van der Waals surface area contributed by atoms with Gasteiger partial charge < -0.3 is 5.32 Å². The van der Waals surface area contributed by atoms with E-state index in [1.54, 1.807) is 23.0 Å². The number of nitriles is 1. The van der Waals surface area contributed by atoms with Crippen molar-refractivity contribution >= 4 is 16.8 Å². The summed E-state index contributed by atoms with van der Waals surface area (Å²) in [5.74, 6) is -0.191. The van der Waals surface area contributed by atoms with E-state index < -0.39 is 0 Å². The van der Waals surface area contributed by atoms with Gasteiger partial charge in [0.1, 0.15) is 6.07 Å². The molecule has 4 rings (SSSR count). The van der Waals surface area contributed by atoms with Gasteiger partial charge in [0.2, 0.25) is 0 Å². The fourth-order valence-corrected chi connectivity index (χ4v) is 3.56. The molecule has 1 N–H and O–H groups in total. The van der Waals surface area contributed by atoms with E-state index in [1.165, 1.54) is 0 Å². The molecule has 2 heterocycles. The van der Waals surface area contributed by atoms with Crippen LogP contribution in [0.25, 0.3) is 22.2 Å². The zero-order valence-electron chi connectivity index (χ0n) is 17.0. The predicted molar refractivity (Wildman–Crippen MR) is 116 cm³/mol. The van der Waals surface area contributed by atoms with Gasteiger partial charge in [0, 0.05) is 35.3 Å². The van der Waals surface area contributed by atoms with E-state index in [1.807, 2.05) is 63.5 Å². The zero-order valence-corrected chi connectivity index (χ0v) is 17.0. The van der Waals surface area contributed by atoms with Crippen LogP contribution in [-0.4, -0.2) is 20.7 Å². The molecule has 0 aliphatic carbocycles. The number of nitrogens with zero attached hydrogens (tertiary/aromatic N) is 4. The average Bonchev–Trinajstić information content (AvgIpc) is 3.20. The van der Waals surface area contributed by atoms with Crippen molar-refractivity contribution in [2.75, 3.05) is 0 Å². The molecular weight excluding hydrogens is 374 g/mol. The lowest BCUT2D eigenvalue weighted by Gasteiger charge is -2.14. The number of rotatable bonds is 4. The van der Waals surface area contributed by atoms with Gasteiger partial charge in [-0.1, -0.05) is 30.3 Å². The first-order valence-corrected chi connectivity index (χ1v) is 9.67. The Balaban J connectivity index is 1.70. The van der Waals surface area contributed by atoms with Crippen LogP contribution in [0.1, 0.15) is 40.0 Å². The van der Waals surface area contributed by atoms with Crippen LogP contribution in [0.5, 0.6) is 0 Å². The number of hydrogen-bond donors (Lipinski definition) is 1. The molecule has 0 spiro atoms. The highest BCUT2D eigenvalue weighted by Gasteiger charge is 2.17. The second-order valence-electron chi connectivity index (χ2n) is 7.31. The van der Waals surface area contributed by atoms with Crippen molar-refractivity contribution in [2.45, 2.75) is 19.9 Å². The molecule has 0 saturated carbocycles. The first kappa shape index (κ1) is 19.3. The highest BCUT2D eigenvalue weighted by Crippen LogP contribution is 2.29. The van der Waals surface area contributed by atoms with Gasteiger partial charge in [-0.15, -0.1) is 0 Å². The summed E-state index contributed by atoms with van der Waals surface area (Å²) >= 11 is 0. The number of amides is 1. The summed E-state index contributed by atoms with van der Waals surface area (Å²) < 4.78 is 1.70. The Kier molecular flexibility index (Phi) is 5.03. The molecule has 0 fully saturated rings. The van der Waals surface area contributed by atoms with E-state index >= 15 is 0 Å². The van der Waals surface area contributed by atoms with Crippen LogP contribution in [-0.2, 0) is 7.05 Å². The lowest BCUT2D eigenvalue weighted by Crippen LogP contribution is -2.26. The molecule has 6 heteroatoms. The highest BCUT2D eigenvalue weighted by molar-refractivity contribution is 5.96. The number of nitrogens with one attached hydrogen (secondary N) is 1. The van der Waals surface area contributed by atoms with Crippen molar-refractivity contribution in [1.82, 2.24) is 20.1 Å². The number of carbonyl (C=O) groups excluding carboxylic acids is 1. The number of aryl methyl sites for hydroxylation is 2. The Bertz CT molecular complexity index is 1300. The summed E-state index contributed by atoms with van der Waals surface area (Å²) in [5.41, 5.74) is 5.00. The average molecular weight is 395 g/mol. The predicted octanol–water partition coefficient (Wildman–Crippen LogP) is 4.31. The van der Waals surface area contributed by atoms with E-state index in [0.29, 0.717) is 16.8 Å². The summed E-state index contributed by atoms with van der Waals surface area (Å²) in [7, 11) is 1.84. The highest BCUT2D eigenvalue weighted by atomic mass is 16.1. The molecule has 2 aromatic carbocycles. The molecule has 1 atom stereocenters. The molecule has 4 aromatic rings. The lowest BCUT2D eigenvalue weighted by atomic mass is 9.97. The van der Waals surface area contributed by atoms with Gasteiger partial charge in [-0.05, 0) is 37.6 Å². The molecule has 30 heavy (non-hydrogen) atoms. The third-order valence-electron chi connectivity index (χ3n) is 5.23. The molecule has 0 bridgehead atoms. The largest absolute Gasteiger partial charge is 0.345 e. The van der Waals surface area contributed by atoms with Crippen molar-refractivity contribution in [1.29, 1.82) is 5.26 Å². The standard InChI is InChI=1S/C24H21N5O/c1-15-20-9-4-5-10-22(20)28-23(21(15)12-25)17-7-6-8-18(11-17)24(30)27-16(2)19-13-26-29(3)14-19/h4-11,13-14,16H,1-3H3,(H,27,30). The zero-order chi connectivity index (χ0) is 21.3. The SMILES string of the molecule is Cc1c(C#N)c(-c2cccc(C(=O)NC(C)c3cnn(C)c3)c2)nc2ccccc12. The minimum absolute atomic E-state index is 0.175. The minimum Gasteiger partial charge on any atom is -0.345 e. The van der Waals surface area contributed by atoms with Crippen molar-refractivity contribution in [3.8, 4) is 17.3 Å². The Hall–Kier alpha value is -3.98. The smallest absolute Gasteiger partial charge is 0.251 e. The maximum Gasteiger partial charge on any atom is 0.251 e. The Morgan fingerprint density at radius 2 is 2.00 bits per heavy atom. The number of fused-ring (bicyclic) bond motifs is 1. The normalized spacial score (nSPS) is 11.8. The number of carbonyl (C=O) groups is 1. The Morgan fingerprint density at radius 3 is 2.73 bits per heavy atom. The van der Waals surface area contributed by atoms with E-state index in [4.69, 9.17) is 4.98 Å². The molecule has 1 amide bonds. The van der Waals surface area contributed by atoms with Crippen molar-refractivity contribution in [3.63, 3.8) is 0 Å². The van der Waals surface area contributed by atoms with Gasteiger partial charge in [0.05, 0.1) is 29.0 Å². The van der Waals surface area contributed by atoms with Crippen LogP contribution in [0.3, 0.4) is 0 Å². The first-order valence-electron chi connectivity index (χ1n) is 9.67. The van der Waals surface area contributed by atoms with Crippen LogP contribution < -0.4 is 5.32 Å². The van der Waals surface area contributed by atoms with Gasteiger partial charge in [0.15, 0.2) is 0 Å². The first-order chi connectivity index (χ1) is 14.5. The molecule has 148 valence electrons. The van der Waals surface area contributed by atoms with Crippen LogP contribution >= 0.6 is 0 Å². The van der Waals surface area contributed by atoms with E-state index in [2.05, 4.69) is 16.5 Å². The maximum absolute atomic E-state index is 12.8. The van der Waals surface area contributed by atoms with Gasteiger partial charge in [-0.3, -0.25) is 9.48 Å². The van der Waals surface area contributed by atoms with Gasteiger partial charge >= 0.3 is 0 Å². The van der Waals surface area contributed by atoms with Gasteiger partial charge in [0.25, 0.3) is 5.91 Å². The molecule has 0 radical (unpaired) electrons. The number of para-hydroxylation sites is 1. The second kappa shape index (κ2) is 7.80. The van der Waals surface area contributed by atoms with Crippen molar-refractivity contribution in [3.05, 3.63) is 83.2 Å². The number of pyridine rings is 1. The Labute approximate surface area is 174 Å². The van der Waals surface area contributed by atoms with E-state index in [0.717, 1.165) is 27.6 Å². The fourth-order valence-electron chi connectivity index (χ4n) is 3.56. The second-order valence-corrected chi connectivity index (χ2v) is 7.31. The summed E-state index contributed by atoms with van der Waals surface area (Å²) in [4.78, 5) is 17.6. The molecule has 0 aliphatic rings. The van der Waals surface area contributed by atoms with Gasteiger partial charge in [-0.25, -0.2) is 4.98 Å². The summed E-state index contributed by atoms with van der Waals surface area (Å²) in [6.07, 6.45) is 3.62. The number of hydrogen-bond acceptors (Lipinski definition) is 4. The minimum atomic E-state index is -0.191. The van der Waals surface area contributed by atoms with Crippen LogP contribution in [0, 0.1) is 18.3 Å². The summed E-state index contributed by atoms with van der Waals surface area (Å²) in [5, 5.41) is 17.9. The fraction of sp³-hybridized carbons (Fsp3) is 0.167. The topological polar surface area (TPSA) is 83.6 Å². The maximum atomic E-state index is 12.8. The molecule has 0 aliphatic heterocycles. The summed E-state index contributed by atoms with van der Waals surface area (Å²) in [6.45, 7) is 3.85. The van der Waals surface area contributed by atoms with E-state index in [-0.39, 0.29) is 11.9 Å². The van der Waals surface area contributed by atoms with Gasteiger partial charge in [-0.2, -0.15) is 10.4 Å². The molecule has 6 nitrogen and oxygen atoms in total. The molecule has 2 aromatic heterocycles. The quantitative estimate of drug-likeness (QED) is 0.558.